The predicted molar refractivity (Wildman–Crippen MR) is 169 cm³/mol. The Labute approximate surface area is 258 Å². The molecule has 1 aromatic heterocycles. The number of likely N-dealkylation sites (N-methyl/N-ethyl adjacent to an activating group) is 1. The zero-order valence-corrected chi connectivity index (χ0v) is 25.5. The van der Waals surface area contributed by atoms with Crippen LogP contribution < -0.4 is 14.5 Å². The van der Waals surface area contributed by atoms with Gasteiger partial charge in [-0.05, 0) is 75.6 Å². The van der Waals surface area contributed by atoms with Crippen LogP contribution in [0.25, 0.3) is 10.8 Å². The number of piperazine rings is 1. The van der Waals surface area contributed by atoms with Crippen LogP contribution in [0.15, 0.2) is 36.4 Å². The van der Waals surface area contributed by atoms with Gasteiger partial charge in [0, 0.05) is 48.7 Å². The van der Waals surface area contributed by atoms with Gasteiger partial charge in [-0.2, -0.15) is 15.2 Å². The number of unbranched alkanes of at least 4 members (excludes halogenated alkanes) is 1. The van der Waals surface area contributed by atoms with Gasteiger partial charge in [-0.25, -0.2) is 4.79 Å². The van der Waals surface area contributed by atoms with Gasteiger partial charge in [-0.15, -0.1) is 0 Å². The average Bonchev–Trinajstić information content (AvgIpc) is 3.57. The molecule has 0 spiro atoms. The third-order valence-corrected chi connectivity index (χ3v) is 10.1. The Balaban J connectivity index is 1.22. The van der Waals surface area contributed by atoms with Crippen LogP contribution in [0.1, 0.15) is 55.3 Å². The lowest BCUT2D eigenvalue weighted by molar-refractivity contribution is 0.114. The van der Waals surface area contributed by atoms with Crippen molar-refractivity contribution in [1.82, 2.24) is 19.8 Å². The van der Waals surface area contributed by atoms with Crippen molar-refractivity contribution in [1.29, 1.82) is 5.26 Å². The highest BCUT2D eigenvalue weighted by atomic mass is 16.5. The first-order valence-electron chi connectivity index (χ1n) is 16.1. The number of benzene rings is 2. The molecule has 230 valence electrons. The number of nitriles is 1. The van der Waals surface area contributed by atoms with Crippen LogP contribution in [0.5, 0.6) is 6.01 Å². The molecule has 3 fully saturated rings. The molecule has 1 amide bonds. The second kappa shape index (κ2) is 12.1. The smallest absolute Gasteiger partial charge is 0.407 e. The molecular formula is C34H41N7O3. The molecule has 10 heteroatoms. The fraction of sp³-hybridized carbons (Fsp3) is 0.529. The summed E-state index contributed by atoms with van der Waals surface area (Å²) in [6.07, 6.45) is 6.33. The molecule has 1 unspecified atom stereocenters. The number of anilines is 2. The van der Waals surface area contributed by atoms with E-state index in [1.165, 1.54) is 28.4 Å². The van der Waals surface area contributed by atoms with Crippen molar-refractivity contribution >= 4 is 28.4 Å². The van der Waals surface area contributed by atoms with Crippen molar-refractivity contribution in [2.75, 3.05) is 49.6 Å². The summed E-state index contributed by atoms with van der Waals surface area (Å²) in [7, 11) is 2.15. The number of hydrogen-bond donors (Lipinski definition) is 1. The maximum Gasteiger partial charge on any atom is 0.407 e. The summed E-state index contributed by atoms with van der Waals surface area (Å²) < 4.78 is 6.33. The molecule has 7 rings (SSSR count). The Morgan fingerprint density at radius 2 is 1.86 bits per heavy atom. The number of carboxylic acid groups (broad SMARTS) is 1. The lowest BCUT2D eigenvalue weighted by atomic mass is 9.96. The summed E-state index contributed by atoms with van der Waals surface area (Å²) >= 11 is 0. The predicted octanol–water partition coefficient (Wildman–Crippen LogP) is 4.84. The summed E-state index contributed by atoms with van der Waals surface area (Å²) in [5.74, 6) is 0.918. The van der Waals surface area contributed by atoms with Gasteiger partial charge < -0.3 is 24.5 Å². The minimum absolute atomic E-state index is 0.0106. The summed E-state index contributed by atoms with van der Waals surface area (Å²) in [6.45, 7) is 4.43. The SMILES string of the molecule is CN1CCCC1COc1nc2c(c(N3C[C@H]4CC[C@@H](C3)N4C(=O)O)n1)CCN(c1cccc3cccc(CCCC#N)c13)C2. The molecule has 10 nitrogen and oxygen atoms in total. The first kappa shape index (κ1) is 28.7. The van der Waals surface area contributed by atoms with E-state index in [0.717, 1.165) is 68.7 Å². The van der Waals surface area contributed by atoms with E-state index >= 15 is 0 Å². The van der Waals surface area contributed by atoms with Crippen LogP contribution in [-0.4, -0.2) is 88.9 Å². The Hall–Kier alpha value is -4.10. The molecule has 2 aromatic carbocycles. The second-order valence-electron chi connectivity index (χ2n) is 12.8. The number of hydrogen-bond acceptors (Lipinski definition) is 8. The van der Waals surface area contributed by atoms with E-state index in [-0.39, 0.29) is 12.1 Å². The maximum atomic E-state index is 12.0. The van der Waals surface area contributed by atoms with E-state index < -0.39 is 6.09 Å². The number of nitrogens with zero attached hydrogens (tertiary/aromatic N) is 7. The van der Waals surface area contributed by atoms with Crippen LogP contribution in [0.2, 0.25) is 0 Å². The third-order valence-electron chi connectivity index (χ3n) is 10.1. The van der Waals surface area contributed by atoms with Gasteiger partial charge in [0.05, 0.1) is 30.4 Å². The zero-order chi connectivity index (χ0) is 30.2. The fourth-order valence-electron chi connectivity index (χ4n) is 7.90. The third kappa shape index (κ3) is 5.38. The topological polar surface area (TPSA) is 109 Å². The van der Waals surface area contributed by atoms with Gasteiger partial charge >= 0.3 is 12.1 Å². The molecule has 1 N–H and O–H groups in total. The molecule has 2 bridgehead atoms. The van der Waals surface area contributed by atoms with Gasteiger partial charge in [0.25, 0.3) is 0 Å². The van der Waals surface area contributed by atoms with Crippen LogP contribution in [0, 0.1) is 11.3 Å². The van der Waals surface area contributed by atoms with Gasteiger partial charge in [-0.3, -0.25) is 4.90 Å². The molecule has 4 aliphatic rings. The molecule has 3 saturated heterocycles. The van der Waals surface area contributed by atoms with Crippen molar-refractivity contribution in [3.05, 3.63) is 53.2 Å². The summed E-state index contributed by atoms with van der Waals surface area (Å²) in [4.78, 5) is 30.8. The number of rotatable bonds is 8. The second-order valence-corrected chi connectivity index (χ2v) is 12.8. The highest BCUT2D eigenvalue weighted by Gasteiger charge is 2.44. The first-order chi connectivity index (χ1) is 21.5. The van der Waals surface area contributed by atoms with Crippen molar-refractivity contribution in [2.24, 2.45) is 0 Å². The zero-order valence-electron chi connectivity index (χ0n) is 25.5. The van der Waals surface area contributed by atoms with Crippen molar-refractivity contribution in [3.8, 4) is 12.1 Å². The molecular weight excluding hydrogens is 554 g/mol. The summed E-state index contributed by atoms with van der Waals surface area (Å²) in [6, 6.07) is 16.0. The molecule has 5 heterocycles. The van der Waals surface area contributed by atoms with E-state index in [2.05, 4.69) is 64.2 Å². The number of ether oxygens (including phenoxy) is 1. The fourth-order valence-corrected chi connectivity index (χ4v) is 7.90. The Morgan fingerprint density at radius 3 is 2.59 bits per heavy atom. The van der Waals surface area contributed by atoms with Crippen LogP contribution in [-0.2, 0) is 19.4 Å². The van der Waals surface area contributed by atoms with E-state index in [4.69, 9.17) is 20.0 Å². The monoisotopic (exact) mass is 595 g/mol. The van der Waals surface area contributed by atoms with Gasteiger partial charge in [0.1, 0.15) is 12.4 Å². The minimum atomic E-state index is -0.815. The number of fused-ring (bicyclic) bond motifs is 4. The van der Waals surface area contributed by atoms with Crippen LogP contribution in [0.3, 0.4) is 0 Å². The number of carbonyl (C=O) groups is 1. The lowest BCUT2D eigenvalue weighted by Crippen LogP contribution is -2.56. The minimum Gasteiger partial charge on any atom is -0.465 e. The number of amides is 1. The Kier molecular flexibility index (Phi) is 7.89. The van der Waals surface area contributed by atoms with E-state index in [0.29, 0.717) is 44.7 Å². The molecule has 4 aliphatic heterocycles. The van der Waals surface area contributed by atoms with Gasteiger partial charge in [0.15, 0.2) is 0 Å². The quantitative estimate of drug-likeness (QED) is 0.366. The van der Waals surface area contributed by atoms with Crippen LogP contribution >= 0.6 is 0 Å². The maximum absolute atomic E-state index is 12.0. The van der Waals surface area contributed by atoms with E-state index in [1.54, 1.807) is 4.90 Å². The molecule has 3 aromatic rings. The number of likely N-dealkylation sites (tertiary alicyclic amines) is 1. The number of aryl methyl sites for hydroxylation is 1. The molecule has 3 atom stereocenters. The van der Waals surface area contributed by atoms with E-state index in [1.807, 2.05) is 0 Å². The summed E-state index contributed by atoms with van der Waals surface area (Å²) in [5, 5.41) is 21.4. The highest BCUT2D eigenvalue weighted by molar-refractivity contribution is 5.97. The van der Waals surface area contributed by atoms with Crippen molar-refractivity contribution in [3.63, 3.8) is 0 Å². The van der Waals surface area contributed by atoms with Crippen molar-refractivity contribution < 1.29 is 14.6 Å². The number of aromatic nitrogens is 2. The van der Waals surface area contributed by atoms with E-state index in [9.17, 15) is 9.90 Å². The molecule has 0 saturated carbocycles. The van der Waals surface area contributed by atoms with Crippen molar-refractivity contribution in [2.45, 2.75) is 76.0 Å². The van der Waals surface area contributed by atoms with Crippen LogP contribution in [0.4, 0.5) is 16.3 Å². The van der Waals surface area contributed by atoms with Gasteiger partial charge in [0.2, 0.25) is 0 Å². The molecule has 0 aliphatic carbocycles. The Bertz CT molecular complexity index is 1570. The largest absolute Gasteiger partial charge is 0.465 e. The molecule has 44 heavy (non-hydrogen) atoms. The summed E-state index contributed by atoms with van der Waals surface area (Å²) in [5.41, 5.74) is 4.62. The Morgan fingerprint density at radius 1 is 1.07 bits per heavy atom. The first-order valence-corrected chi connectivity index (χ1v) is 16.1. The lowest BCUT2D eigenvalue weighted by Gasteiger charge is -2.41. The molecule has 0 radical (unpaired) electrons. The average molecular weight is 596 g/mol. The normalized spacial score (nSPS) is 23.2. The highest BCUT2D eigenvalue weighted by Crippen LogP contribution is 2.38. The standard InChI is InChI=1S/C34H41N7O3/c1-38-17-6-11-27(38)22-44-33-36-29-21-39(30-12-5-10-24-9-4-8-23(31(24)30)7-2-3-16-35)18-15-28(29)32(37-33)40-19-25-13-14-26(20-40)41(25)34(42)43/h4-5,8-10,12,25-27H,2-3,6-7,11,13-15,17-22H2,1H3,(H,42,43)/t25-,26+,27?. The van der Waals surface area contributed by atoms with Gasteiger partial charge in [-0.1, -0.05) is 30.3 Å².